The highest BCUT2D eigenvalue weighted by molar-refractivity contribution is 5.96. The molecule has 3 heterocycles. The minimum atomic E-state index is -4.51. The molecule has 6 rings (SSSR count). The van der Waals surface area contributed by atoms with Crippen molar-refractivity contribution in [1.29, 1.82) is 0 Å². The molecule has 3 aromatic carbocycles. The van der Waals surface area contributed by atoms with Gasteiger partial charge in [0.15, 0.2) is 11.5 Å². The van der Waals surface area contributed by atoms with Gasteiger partial charge in [-0.1, -0.05) is 42.5 Å². The van der Waals surface area contributed by atoms with Gasteiger partial charge in [0.2, 0.25) is 12.7 Å². The molecular weight excluding hydrogens is 497 g/mol. The lowest BCUT2D eigenvalue weighted by molar-refractivity contribution is -0.137. The van der Waals surface area contributed by atoms with E-state index in [1.807, 2.05) is 24.3 Å². The van der Waals surface area contributed by atoms with Gasteiger partial charge in [-0.2, -0.15) is 13.2 Å². The summed E-state index contributed by atoms with van der Waals surface area (Å²) in [6.45, 7) is 1.29. The van der Waals surface area contributed by atoms with E-state index < -0.39 is 23.6 Å². The number of ether oxygens (including phenoxy) is 2. The number of hydrogen-bond acceptors (Lipinski definition) is 4. The van der Waals surface area contributed by atoms with Crippen LogP contribution in [-0.4, -0.2) is 48.0 Å². The van der Waals surface area contributed by atoms with Gasteiger partial charge in [0, 0.05) is 37.7 Å². The molecule has 1 fully saturated rings. The number of carbonyl (C=O) groups excluding carboxylic acids is 2. The van der Waals surface area contributed by atoms with E-state index in [9.17, 15) is 22.8 Å². The number of hydrogen-bond donors (Lipinski definition) is 0. The van der Waals surface area contributed by atoms with Gasteiger partial charge in [-0.15, -0.1) is 0 Å². The summed E-state index contributed by atoms with van der Waals surface area (Å²) < 4.78 is 51.3. The van der Waals surface area contributed by atoms with E-state index in [0.717, 1.165) is 17.7 Å². The van der Waals surface area contributed by atoms with Gasteiger partial charge in [0.25, 0.3) is 5.91 Å². The fourth-order valence-electron chi connectivity index (χ4n) is 5.63. The second kappa shape index (κ2) is 9.38. The summed E-state index contributed by atoms with van der Waals surface area (Å²) in [7, 11) is 0. The van der Waals surface area contributed by atoms with E-state index in [0.29, 0.717) is 42.1 Å². The van der Waals surface area contributed by atoms with E-state index in [2.05, 4.69) is 0 Å². The van der Waals surface area contributed by atoms with Crippen LogP contribution >= 0.6 is 0 Å². The molecule has 2 amide bonds. The number of rotatable bonds is 3. The summed E-state index contributed by atoms with van der Waals surface area (Å²) in [6.07, 6.45) is -3.80. The normalized spacial score (nSPS) is 20.4. The first kappa shape index (κ1) is 24.3. The molecule has 2 unspecified atom stereocenters. The molecule has 0 bridgehead atoms. The molecule has 38 heavy (non-hydrogen) atoms. The van der Waals surface area contributed by atoms with Crippen molar-refractivity contribution >= 4 is 11.8 Å². The van der Waals surface area contributed by atoms with Crippen LogP contribution in [-0.2, 0) is 23.9 Å². The van der Waals surface area contributed by atoms with Gasteiger partial charge in [-0.05, 0) is 47.4 Å². The summed E-state index contributed by atoms with van der Waals surface area (Å²) >= 11 is 0. The maximum atomic E-state index is 13.9. The van der Waals surface area contributed by atoms with E-state index in [1.165, 1.54) is 11.6 Å². The average Bonchev–Trinajstić information content (AvgIpc) is 3.59. The van der Waals surface area contributed by atoms with Crippen molar-refractivity contribution < 1.29 is 32.2 Å². The first-order valence-electron chi connectivity index (χ1n) is 12.5. The molecule has 6 nitrogen and oxygen atoms in total. The molecule has 3 aromatic rings. The first-order valence-corrected chi connectivity index (χ1v) is 12.5. The molecule has 9 heteroatoms. The van der Waals surface area contributed by atoms with Crippen LogP contribution in [0.1, 0.15) is 38.5 Å². The highest BCUT2D eigenvalue weighted by Gasteiger charge is 2.43. The van der Waals surface area contributed by atoms with Crippen LogP contribution in [0.4, 0.5) is 13.2 Å². The third-order valence-corrected chi connectivity index (χ3v) is 7.63. The Morgan fingerprint density at radius 3 is 2.45 bits per heavy atom. The van der Waals surface area contributed by atoms with Crippen LogP contribution in [0, 0.1) is 5.92 Å². The van der Waals surface area contributed by atoms with Crippen LogP contribution in [0.5, 0.6) is 11.5 Å². The average molecular weight is 523 g/mol. The van der Waals surface area contributed by atoms with Gasteiger partial charge < -0.3 is 19.3 Å². The van der Waals surface area contributed by atoms with Crippen LogP contribution in [0.2, 0.25) is 0 Å². The lowest BCUT2D eigenvalue weighted by atomic mass is 9.86. The standard InChI is InChI=1S/C29H25F3N2O4/c30-29(31,32)22-7-3-6-19(12-22)23-15-34(27(35)20-8-9-25-26(13-20)38-17-37-25)16-24(23)28(36)33-11-10-18-4-1-2-5-21(18)14-33/h1-9,12-13,23-24H,10-11,14-17H2. The van der Waals surface area contributed by atoms with E-state index >= 15 is 0 Å². The van der Waals surface area contributed by atoms with Crippen molar-refractivity contribution in [2.45, 2.75) is 25.1 Å². The maximum absolute atomic E-state index is 13.9. The van der Waals surface area contributed by atoms with E-state index in [-0.39, 0.29) is 31.7 Å². The molecule has 0 radical (unpaired) electrons. The lowest BCUT2D eigenvalue weighted by Crippen LogP contribution is -2.42. The fourth-order valence-corrected chi connectivity index (χ4v) is 5.63. The van der Waals surface area contributed by atoms with Gasteiger partial charge in [0.1, 0.15) is 0 Å². The Kier molecular flexibility index (Phi) is 6.01. The third kappa shape index (κ3) is 4.46. The molecule has 2 atom stereocenters. The molecule has 196 valence electrons. The zero-order chi connectivity index (χ0) is 26.4. The predicted molar refractivity (Wildman–Crippen MR) is 132 cm³/mol. The van der Waals surface area contributed by atoms with Gasteiger partial charge in [0.05, 0.1) is 11.5 Å². The Morgan fingerprint density at radius 1 is 0.842 bits per heavy atom. The smallest absolute Gasteiger partial charge is 0.416 e. The minimum absolute atomic E-state index is 0.0733. The number of amides is 2. The Bertz CT molecular complexity index is 1410. The quantitative estimate of drug-likeness (QED) is 0.492. The van der Waals surface area contributed by atoms with Crippen LogP contribution in [0.25, 0.3) is 0 Å². The number of carbonyl (C=O) groups is 2. The molecule has 0 N–H and O–H groups in total. The second-order valence-electron chi connectivity index (χ2n) is 9.89. The Morgan fingerprint density at radius 2 is 1.63 bits per heavy atom. The maximum Gasteiger partial charge on any atom is 0.416 e. The topological polar surface area (TPSA) is 59.1 Å². The molecule has 0 saturated carbocycles. The molecule has 1 saturated heterocycles. The van der Waals surface area contributed by atoms with Crippen LogP contribution in [0.15, 0.2) is 66.7 Å². The molecule has 0 spiro atoms. The summed E-state index contributed by atoms with van der Waals surface area (Å²) in [5.74, 6) is -0.684. The largest absolute Gasteiger partial charge is 0.454 e. The summed E-state index contributed by atoms with van der Waals surface area (Å²) in [6, 6.07) is 17.9. The molecule has 0 aliphatic carbocycles. The van der Waals surface area contributed by atoms with Crippen molar-refractivity contribution in [3.63, 3.8) is 0 Å². The number of fused-ring (bicyclic) bond motifs is 2. The summed E-state index contributed by atoms with van der Waals surface area (Å²) in [5, 5.41) is 0. The number of benzene rings is 3. The molecule has 3 aliphatic rings. The minimum Gasteiger partial charge on any atom is -0.454 e. The zero-order valence-corrected chi connectivity index (χ0v) is 20.4. The summed E-state index contributed by atoms with van der Waals surface area (Å²) in [4.78, 5) is 30.7. The first-order chi connectivity index (χ1) is 18.3. The van der Waals surface area contributed by atoms with Crippen LogP contribution < -0.4 is 9.47 Å². The highest BCUT2D eigenvalue weighted by Crippen LogP contribution is 2.39. The molecular formula is C29H25F3N2O4. The van der Waals surface area contributed by atoms with Gasteiger partial charge >= 0.3 is 6.18 Å². The Balaban J connectivity index is 1.30. The molecule has 3 aliphatic heterocycles. The number of halogens is 3. The third-order valence-electron chi connectivity index (χ3n) is 7.63. The lowest BCUT2D eigenvalue weighted by Gasteiger charge is -2.32. The van der Waals surface area contributed by atoms with E-state index in [4.69, 9.17) is 9.47 Å². The van der Waals surface area contributed by atoms with E-state index in [1.54, 1.807) is 34.1 Å². The van der Waals surface area contributed by atoms with Crippen LogP contribution in [0.3, 0.4) is 0 Å². The number of nitrogens with zero attached hydrogens (tertiary/aromatic N) is 2. The Hall–Kier alpha value is -4.01. The van der Waals surface area contributed by atoms with Crippen molar-refractivity contribution in [2.75, 3.05) is 26.4 Å². The van der Waals surface area contributed by atoms with Gasteiger partial charge in [-0.25, -0.2) is 0 Å². The van der Waals surface area contributed by atoms with Crippen molar-refractivity contribution in [3.05, 3.63) is 94.5 Å². The Labute approximate surface area is 217 Å². The summed E-state index contributed by atoms with van der Waals surface area (Å²) in [5.41, 5.74) is 2.26. The van der Waals surface area contributed by atoms with Crippen molar-refractivity contribution in [2.24, 2.45) is 5.92 Å². The fraction of sp³-hybridized carbons (Fsp3) is 0.310. The second-order valence-corrected chi connectivity index (χ2v) is 9.89. The number of alkyl halides is 3. The van der Waals surface area contributed by atoms with Gasteiger partial charge in [-0.3, -0.25) is 9.59 Å². The SMILES string of the molecule is O=C(c1ccc2c(c1)OCO2)N1CC(C(=O)N2CCc3ccccc3C2)C(c2cccc(C(F)(F)F)c2)C1. The van der Waals surface area contributed by atoms with Crippen molar-refractivity contribution in [3.8, 4) is 11.5 Å². The predicted octanol–water partition coefficient (Wildman–Crippen LogP) is 4.87. The number of likely N-dealkylation sites (tertiary alicyclic amines) is 1. The zero-order valence-electron chi connectivity index (χ0n) is 20.4. The monoisotopic (exact) mass is 522 g/mol. The molecule has 0 aromatic heterocycles. The van der Waals surface area contributed by atoms with Crippen molar-refractivity contribution in [1.82, 2.24) is 9.80 Å². The highest BCUT2D eigenvalue weighted by atomic mass is 19.4.